The van der Waals surface area contributed by atoms with E-state index in [-0.39, 0.29) is 0 Å². The molecular weight excluding hydrogens is 368 g/mol. The molecule has 0 aromatic rings. The van der Waals surface area contributed by atoms with Crippen molar-refractivity contribution in [3.05, 3.63) is 47.4 Å². The van der Waals surface area contributed by atoms with Gasteiger partial charge in [0.05, 0.1) is 13.4 Å². The number of nitrogens with zero attached hydrogens (tertiary/aromatic N) is 2. The Labute approximate surface area is 186 Å². The van der Waals surface area contributed by atoms with Gasteiger partial charge in [-0.05, 0) is 55.1 Å². The van der Waals surface area contributed by atoms with Crippen LogP contribution < -0.4 is 0 Å². The van der Waals surface area contributed by atoms with Crippen LogP contribution >= 0.6 is 0 Å². The summed E-state index contributed by atoms with van der Waals surface area (Å²) in [6.45, 7) is 17.5. The van der Waals surface area contributed by atoms with Crippen LogP contribution in [0.15, 0.2) is 47.4 Å². The Hall–Kier alpha value is -1.48. The highest BCUT2D eigenvalue weighted by atomic mass is 16.5. The van der Waals surface area contributed by atoms with Gasteiger partial charge in [0.2, 0.25) is 0 Å². The quantitative estimate of drug-likeness (QED) is 0.356. The van der Waals surface area contributed by atoms with Crippen LogP contribution in [0.1, 0.15) is 73.1 Å². The predicted octanol–water partition coefficient (Wildman–Crippen LogP) is 6.56. The molecule has 2 rings (SSSR count). The highest BCUT2D eigenvalue weighted by molar-refractivity contribution is 5.34. The van der Waals surface area contributed by atoms with E-state index in [2.05, 4.69) is 68.7 Å². The van der Waals surface area contributed by atoms with Crippen LogP contribution in [-0.2, 0) is 4.74 Å². The highest BCUT2D eigenvalue weighted by Crippen LogP contribution is 2.34. The van der Waals surface area contributed by atoms with Crippen LogP contribution in [0.4, 0.5) is 0 Å². The molecule has 0 bridgehead atoms. The van der Waals surface area contributed by atoms with Crippen molar-refractivity contribution in [1.29, 1.82) is 0 Å². The molecule has 1 atom stereocenters. The fourth-order valence-corrected chi connectivity index (χ4v) is 4.79. The average Bonchev–Trinajstić information content (AvgIpc) is 2.97. The van der Waals surface area contributed by atoms with Crippen molar-refractivity contribution in [2.45, 2.75) is 73.1 Å². The molecule has 1 saturated heterocycles. The van der Waals surface area contributed by atoms with Crippen LogP contribution in [0, 0.1) is 11.3 Å². The van der Waals surface area contributed by atoms with Crippen LogP contribution in [0.3, 0.4) is 0 Å². The van der Waals surface area contributed by atoms with Gasteiger partial charge in [-0.1, -0.05) is 58.4 Å². The zero-order valence-corrected chi connectivity index (χ0v) is 20.5. The lowest BCUT2D eigenvalue weighted by molar-refractivity contribution is 0.156. The molecule has 3 nitrogen and oxygen atoms in total. The second kappa shape index (κ2) is 12.4. The van der Waals surface area contributed by atoms with Crippen molar-refractivity contribution < 1.29 is 4.74 Å². The summed E-state index contributed by atoms with van der Waals surface area (Å²) in [5, 5.41) is 0. The van der Waals surface area contributed by atoms with Gasteiger partial charge in [-0.3, -0.25) is 4.90 Å². The topological polar surface area (TPSA) is 15.7 Å². The lowest BCUT2D eigenvalue weighted by Crippen LogP contribution is -2.46. The van der Waals surface area contributed by atoms with E-state index in [4.69, 9.17) is 4.74 Å². The number of ether oxygens (including phenoxy) is 1. The second-order valence-corrected chi connectivity index (χ2v) is 10.0. The van der Waals surface area contributed by atoms with E-state index in [0.29, 0.717) is 11.3 Å². The third-order valence-corrected chi connectivity index (χ3v) is 6.77. The normalized spacial score (nSPS) is 19.9. The Morgan fingerprint density at radius 1 is 1.17 bits per heavy atom. The van der Waals surface area contributed by atoms with Crippen molar-refractivity contribution in [3.63, 3.8) is 0 Å². The van der Waals surface area contributed by atoms with Gasteiger partial charge in [-0.25, -0.2) is 0 Å². The summed E-state index contributed by atoms with van der Waals surface area (Å²) in [6.07, 6.45) is 18.4. The molecule has 0 aromatic carbocycles. The summed E-state index contributed by atoms with van der Waals surface area (Å²) >= 11 is 0. The van der Waals surface area contributed by atoms with E-state index >= 15 is 0 Å². The Morgan fingerprint density at radius 3 is 2.57 bits per heavy atom. The molecule has 1 heterocycles. The summed E-state index contributed by atoms with van der Waals surface area (Å²) in [5.41, 5.74) is 4.91. The van der Waals surface area contributed by atoms with Crippen LogP contribution in [0.2, 0.25) is 0 Å². The molecule has 2 aliphatic rings. The third-order valence-electron chi connectivity index (χ3n) is 6.77. The number of piperazine rings is 1. The summed E-state index contributed by atoms with van der Waals surface area (Å²) in [6, 6.07) is 0. The minimum atomic E-state index is 0.456. The lowest BCUT2D eigenvalue weighted by atomic mass is 9.79. The van der Waals surface area contributed by atoms with E-state index in [1.165, 1.54) is 31.3 Å². The van der Waals surface area contributed by atoms with Gasteiger partial charge in [-0.2, -0.15) is 0 Å². The molecule has 0 spiro atoms. The number of rotatable bonds is 11. The second-order valence-electron chi connectivity index (χ2n) is 10.0. The Bertz CT molecular complexity index is 633. The van der Waals surface area contributed by atoms with Crippen LogP contribution in [0.25, 0.3) is 0 Å². The summed E-state index contributed by atoms with van der Waals surface area (Å²) in [5.74, 6) is 0.618. The van der Waals surface area contributed by atoms with Gasteiger partial charge in [0.1, 0.15) is 0 Å². The number of hydrogen-bond acceptors (Lipinski definition) is 3. The minimum Gasteiger partial charge on any atom is -0.504 e. The molecule has 0 amide bonds. The number of allylic oxidation sites excluding steroid dienone is 5. The van der Waals surface area contributed by atoms with E-state index in [1.807, 2.05) is 6.26 Å². The van der Waals surface area contributed by atoms with Gasteiger partial charge in [-0.15, -0.1) is 0 Å². The highest BCUT2D eigenvalue weighted by Gasteiger charge is 2.24. The molecule has 0 N–H and O–H groups in total. The van der Waals surface area contributed by atoms with E-state index in [9.17, 15) is 0 Å². The van der Waals surface area contributed by atoms with Gasteiger partial charge >= 0.3 is 0 Å². The minimum absolute atomic E-state index is 0.456. The summed E-state index contributed by atoms with van der Waals surface area (Å²) in [7, 11) is 1.73. The maximum Gasteiger partial charge on any atom is 0.0814 e. The van der Waals surface area contributed by atoms with Crippen molar-refractivity contribution in [2.24, 2.45) is 11.3 Å². The maximum atomic E-state index is 5.13. The van der Waals surface area contributed by atoms with Gasteiger partial charge in [0.15, 0.2) is 0 Å². The van der Waals surface area contributed by atoms with Crippen molar-refractivity contribution >= 4 is 0 Å². The number of hydrogen-bond donors (Lipinski definition) is 0. The largest absolute Gasteiger partial charge is 0.504 e. The maximum absolute atomic E-state index is 5.13. The predicted molar refractivity (Wildman–Crippen MR) is 130 cm³/mol. The lowest BCUT2D eigenvalue weighted by Gasteiger charge is -2.39. The molecule has 30 heavy (non-hydrogen) atoms. The Balaban J connectivity index is 1.98. The van der Waals surface area contributed by atoms with Crippen molar-refractivity contribution in [1.82, 2.24) is 9.80 Å². The fourth-order valence-electron chi connectivity index (χ4n) is 4.79. The fraction of sp³-hybridized carbons (Fsp3) is 0.704. The first-order chi connectivity index (χ1) is 14.4. The first kappa shape index (κ1) is 24.8. The Kier molecular flexibility index (Phi) is 10.2. The first-order valence-electron chi connectivity index (χ1n) is 12.1. The zero-order chi connectivity index (χ0) is 22.0. The average molecular weight is 415 g/mol. The van der Waals surface area contributed by atoms with E-state index in [0.717, 1.165) is 45.6 Å². The van der Waals surface area contributed by atoms with Crippen LogP contribution in [0.5, 0.6) is 0 Å². The first-order valence-corrected chi connectivity index (χ1v) is 12.1. The van der Waals surface area contributed by atoms with Crippen LogP contribution in [-0.4, -0.2) is 49.6 Å². The van der Waals surface area contributed by atoms with Gasteiger partial charge in [0, 0.05) is 44.8 Å². The third kappa shape index (κ3) is 7.98. The monoisotopic (exact) mass is 414 g/mol. The van der Waals surface area contributed by atoms with E-state index in [1.54, 1.807) is 18.4 Å². The molecule has 0 saturated carbocycles. The zero-order valence-electron chi connectivity index (χ0n) is 20.5. The molecule has 1 fully saturated rings. The molecule has 0 radical (unpaired) electrons. The summed E-state index contributed by atoms with van der Waals surface area (Å²) < 4.78 is 5.13. The molecule has 1 aliphatic carbocycles. The Morgan fingerprint density at radius 2 is 1.90 bits per heavy atom. The van der Waals surface area contributed by atoms with Crippen molar-refractivity contribution in [3.8, 4) is 0 Å². The summed E-state index contributed by atoms with van der Waals surface area (Å²) in [4.78, 5) is 5.26. The van der Waals surface area contributed by atoms with Crippen molar-refractivity contribution in [2.75, 3.05) is 39.8 Å². The molecule has 1 unspecified atom stereocenters. The standard InChI is InChI=1S/C27H46N2O/c1-7-15-27(4,5)16-13-24(3)25-11-9-8-10-12-26(25)29-20-18-28(19-21-29)17-14-23(2)22-30-6/h8-11,22,24H,7,12-21H2,1-6H3/b23-22+. The number of methoxy groups -OCH3 is 1. The molecule has 1 aliphatic heterocycles. The molecule has 3 heteroatoms. The SMILES string of the molecule is CCCC(C)(C)CCC(C)C1=C(N2CCN(CC/C(C)=C/OC)CC2)CC=CC=C1. The molecule has 0 aromatic heterocycles. The van der Waals surface area contributed by atoms with E-state index < -0.39 is 0 Å². The van der Waals surface area contributed by atoms with Gasteiger partial charge in [0.25, 0.3) is 0 Å². The molecule has 170 valence electrons. The van der Waals surface area contributed by atoms with Gasteiger partial charge < -0.3 is 9.64 Å². The smallest absolute Gasteiger partial charge is 0.0814 e. The molecular formula is C27H46N2O.